The molecule has 0 aliphatic carbocycles. The smallest absolute Gasteiger partial charge is 0.256 e. The van der Waals surface area contributed by atoms with Gasteiger partial charge in [0, 0.05) is 23.0 Å². The van der Waals surface area contributed by atoms with Gasteiger partial charge in [0.05, 0.1) is 5.41 Å². The van der Waals surface area contributed by atoms with Crippen LogP contribution in [0.1, 0.15) is 21.6 Å². The number of carbonyl (C=O) groups excluding carboxylic acids is 1. The minimum atomic E-state index is -3.66. The van der Waals surface area contributed by atoms with Crippen molar-refractivity contribution in [3.63, 3.8) is 0 Å². The first kappa shape index (κ1) is 18.4. The Bertz CT molecular complexity index is 1060. The number of benzene rings is 2. The molecule has 2 aromatic carbocycles. The second-order valence-electron chi connectivity index (χ2n) is 5.83. The summed E-state index contributed by atoms with van der Waals surface area (Å²) in [6.45, 7) is 1.83. The summed E-state index contributed by atoms with van der Waals surface area (Å²) in [5.74, 6) is 0.0909. The van der Waals surface area contributed by atoms with Crippen molar-refractivity contribution in [2.24, 2.45) is 0 Å². The van der Waals surface area contributed by atoms with Gasteiger partial charge in [-0.3, -0.25) is 14.6 Å². The van der Waals surface area contributed by atoms with Gasteiger partial charge in [-0.1, -0.05) is 30.3 Å². The first-order valence-corrected chi connectivity index (χ1v) is 9.65. The van der Waals surface area contributed by atoms with E-state index in [1.807, 2.05) is 25.1 Å². The van der Waals surface area contributed by atoms with Crippen molar-refractivity contribution in [1.29, 1.82) is 0 Å². The summed E-state index contributed by atoms with van der Waals surface area (Å²) in [7, 11) is -3.66. The molecule has 0 spiro atoms. The van der Waals surface area contributed by atoms with Crippen LogP contribution in [0, 0.1) is 6.92 Å². The Morgan fingerprint density at radius 2 is 1.78 bits per heavy atom. The molecule has 138 valence electrons. The average molecular weight is 382 g/mol. The maximum absolute atomic E-state index is 12.2. The highest BCUT2D eigenvalue weighted by Crippen LogP contribution is 2.14. The Labute approximate surface area is 157 Å². The van der Waals surface area contributed by atoms with Gasteiger partial charge in [-0.2, -0.15) is 5.10 Å². The van der Waals surface area contributed by atoms with Gasteiger partial charge in [-0.05, 0) is 42.8 Å². The summed E-state index contributed by atoms with van der Waals surface area (Å²) >= 11 is 0. The van der Waals surface area contributed by atoms with Gasteiger partial charge in [0.1, 0.15) is 0 Å². The summed E-state index contributed by atoms with van der Waals surface area (Å²) in [5.41, 5.74) is 2.36. The van der Waals surface area contributed by atoms with Crippen LogP contribution in [0.2, 0.25) is 0 Å². The molecule has 0 saturated carbocycles. The average Bonchev–Trinajstić information content (AvgIpc) is 3.06. The molecule has 0 atom stereocenters. The zero-order chi connectivity index (χ0) is 19.3. The molecule has 0 unspecified atom stereocenters. The van der Waals surface area contributed by atoms with E-state index in [1.54, 1.807) is 18.2 Å². The number of aromatic amines is 1. The lowest BCUT2D eigenvalue weighted by molar-refractivity contribution is 0.102. The molecular weight excluding hydrogens is 364 g/mol. The third kappa shape index (κ3) is 5.29. The SMILES string of the molecule is Cc1cc(NC(=O)c2ccc(NS(=O)(=O)/C=C/c3ccccc3)cc2)n[nH]1. The minimum absolute atomic E-state index is 0.333. The largest absolute Gasteiger partial charge is 0.305 e. The number of anilines is 2. The Hall–Kier alpha value is -3.39. The van der Waals surface area contributed by atoms with Gasteiger partial charge in [-0.25, -0.2) is 8.42 Å². The van der Waals surface area contributed by atoms with E-state index in [9.17, 15) is 13.2 Å². The predicted molar refractivity (Wildman–Crippen MR) is 106 cm³/mol. The lowest BCUT2D eigenvalue weighted by Gasteiger charge is -2.06. The fourth-order valence-electron chi connectivity index (χ4n) is 2.29. The molecule has 1 aromatic heterocycles. The zero-order valence-electron chi connectivity index (χ0n) is 14.5. The fraction of sp³-hybridized carbons (Fsp3) is 0.0526. The van der Waals surface area contributed by atoms with Crippen LogP contribution < -0.4 is 10.0 Å². The molecule has 8 heteroatoms. The monoisotopic (exact) mass is 382 g/mol. The Balaban J connectivity index is 1.64. The normalized spacial score (nSPS) is 11.4. The van der Waals surface area contributed by atoms with Gasteiger partial charge in [-0.15, -0.1) is 0 Å². The standard InChI is InChI=1S/C19H18N4O3S/c1-14-13-18(22-21-14)20-19(24)16-7-9-17(10-8-16)23-27(25,26)12-11-15-5-3-2-4-6-15/h2-13,23H,1H3,(H2,20,21,22,24)/b12-11+. The highest BCUT2D eigenvalue weighted by Gasteiger charge is 2.10. The van der Waals surface area contributed by atoms with Crippen LogP contribution in [0.3, 0.4) is 0 Å². The van der Waals surface area contributed by atoms with Crippen LogP contribution in [0.5, 0.6) is 0 Å². The van der Waals surface area contributed by atoms with E-state index in [1.165, 1.54) is 30.3 Å². The Morgan fingerprint density at radius 1 is 1.07 bits per heavy atom. The third-order valence-electron chi connectivity index (χ3n) is 3.59. The van der Waals surface area contributed by atoms with Crippen molar-refractivity contribution in [3.05, 3.63) is 82.9 Å². The van der Waals surface area contributed by atoms with E-state index in [0.29, 0.717) is 17.1 Å². The van der Waals surface area contributed by atoms with E-state index in [-0.39, 0.29) is 5.91 Å². The number of aryl methyl sites for hydroxylation is 1. The van der Waals surface area contributed by atoms with Crippen LogP contribution in [0.4, 0.5) is 11.5 Å². The second-order valence-corrected chi connectivity index (χ2v) is 7.39. The van der Waals surface area contributed by atoms with Crippen molar-refractivity contribution in [3.8, 4) is 0 Å². The van der Waals surface area contributed by atoms with E-state index in [2.05, 4.69) is 20.2 Å². The fourth-order valence-corrected chi connectivity index (χ4v) is 3.16. The van der Waals surface area contributed by atoms with Gasteiger partial charge < -0.3 is 5.32 Å². The first-order valence-electron chi connectivity index (χ1n) is 8.11. The topological polar surface area (TPSA) is 104 Å². The molecule has 1 amide bonds. The zero-order valence-corrected chi connectivity index (χ0v) is 15.3. The number of H-pyrrole nitrogens is 1. The molecule has 0 aliphatic heterocycles. The number of hydrogen-bond acceptors (Lipinski definition) is 4. The quantitative estimate of drug-likeness (QED) is 0.608. The van der Waals surface area contributed by atoms with Crippen LogP contribution in [-0.2, 0) is 10.0 Å². The predicted octanol–water partition coefficient (Wildman–Crippen LogP) is 3.38. The summed E-state index contributed by atoms with van der Waals surface area (Å²) in [6, 6.07) is 17.0. The third-order valence-corrected chi connectivity index (χ3v) is 4.61. The maximum atomic E-state index is 12.2. The molecule has 1 heterocycles. The summed E-state index contributed by atoms with van der Waals surface area (Å²) in [5, 5.41) is 10.4. The van der Waals surface area contributed by atoms with Crippen LogP contribution >= 0.6 is 0 Å². The molecule has 3 N–H and O–H groups in total. The van der Waals surface area contributed by atoms with E-state index in [0.717, 1.165) is 16.7 Å². The molecule has 0 aliphatic rings. The van der Waals surface area contributed by atoms with Crippen LogP contribution in [-0.4, -0.2) is 24.5 Å². The Kier molecular flexibility index (Phi) is 5.37. The Morgan fingerprint density at radius 3 is 2.41 bits per heavy atom. The van der Waals surface area contributed by atoms with E-state index >= 15 is 0 Å². The number of aromatic nitrogens is 2. The number of amides is 1. The molecule has 0 bridgehead atoms. The highest BCUT2D eigenvalue weighted by molar-refractivity contribution is 7.95. The van der Waals surface area contributed by atoms with Gasteiger partial charge >= 0.3 is 0 Å². The number of carbonyl (C=O) groups is 1. The van der Waals surface area contributed by atoms with Gasteiger partial charge in [0.2, 0.25) is 0 Å². The molecular formula is C19H18N4O3S. The molecule has 27 heavy (non-hydrogen) atoms. The van der Waals surface area contributed by atoms with E-state index < -0.39 is 10.0 Å². The number of hydrogen-bond donors (Lipinski definition) is 3. The molecule has 0 radical (unpaired) electrons. The number of nitrogens with zero attached hydrogens (tertiary/aromatic N) is 1. The summed E-state index contributed by atoms with van der Waals surface area (Å²) in [4.78, 5) is 12.2. The second kappa shape index (κ2) is 7.88. The number of nitrogens with one attached hydrogen (secondary N) is 3. The van der Waals surface area contributed by atoms with Crippen molar-refractivity contribution >= 4 is 33.5 Å². The lowest BCUT2D eigenvalue weighted by atomic mass is 10.2. The van der Waals surface area contributed by atoms with Crippen molar-refractivity contribution in [2.45, 2.75) is 6.92 Å². The minimum Gasteiger partial charge on any atom is -0.305 e. The lowest BCUT2D eigenvalue weighted by Crippen LogP contribution is -2.13. The van der Waals surface area contributed by atoms with Crippen LogP contribution in [0.25, 0.3) is 6.08 Å². The van der Waals surface area contributed by atoms with E-state index in [4.69, 9.17) is 0 Å². The van der Waals surface area contributed by atoms with Gasteiger partial charge in [0.25, 0.3) is 15.9 Å². The molecule has 3 rings (SSSR count). The summed E-state index contributed by atoms with van der Waals surface area (Å²) in [6.07, 6.45) is 1.51. The molecule has 7 nitrogen and oxygen atoms in total. The highest BCUT2D eigenvalue weighted by atomic mass is 32.2. The van der Waals surface area contributed by atoms with Crippen molar-refractivity contribution in [1.82, 2.24) is 10.2 Å². The summed E-state index contributed by atoms with van der Waals surface area (Å²) < 4.78 is 26.7. The molecule has 3 aromatic rings. The molecule has 0 fully saturated rings. The first-order chi connectivity index (χ1) is 12.9. The number of rotatable bonds is 6. The maximum Gasteiger partial charge on any atom is 0.256 e. The number of sulfonamides is 1. The molecule has 0 saturated heterocycles. The van der Waals surface area contributed by atoms with Crippen LogP contribution in [0.15, 0.2) is 66.1 Å². The van der Waals surface area contributed by atoms with Crippen molar-refractivity contribution in [2.75, 3.05) is 10.0 Å². The van der Waals surface area contributed by atoms with Crippen molar-refractivity contribution < 1.29 is 13.2 Å². The van der Waals surface area contributed by atoms with Gasteiger partial charge in [0.15, 0.2) is 5.82 Å².